The van der Waals surface area contributed by atoms with Crippen LogP contribution in [0.25, 0.3) is 0 Å². The molecule has 0 aromatic heterocycles. The lowest BCUT2D eigenvalue weighted by Crippen LogP contribution is -2.32. The molecule has 21 heavy (non-hydrogen) atoms. The molecule has 2 aliphatic carbocycles. The second-order valence-electron chi connectivity index (χ2n) is 7.26. The minimum Gasteiger partial charge on any atom is -0.382 e. The van der Waals surface area contributed by atoms with Crippen molar-refractivity contribution < 1.29 is 4.39 Å². The van der Waals surface area contributed by atoms with Gasteiger partial charge in [-0.05, 0) is 57.5 Å². The van der Waals surface area contributed by atoms with Gasteiger partial charge in [0.1, 0.15) is 5.83 Å². The van der Waals surface area contributed by atoms with Crippen LogP contribution in [0.1, 0.15) is 51.4 Å². The van der Waals surface area contributed by atoms with Crippen molar-refractivity contribution in [1.29, 1.82) is 0 Å². The predicted octanol–water partition coefficient (Wildman–Crippen LogP) is 4.01. The summed E-state index contributed by atoms with van der Waals surface area (Å²) in [6.45, 7) is 2.46. The highest BCUT2D eigenvalue weighted by molar-refractivity contribution is 5.37. The van der Waals surface area contributed by atoms with Crippen LogP contribution in [0.15, 0.2) is 23.7 Å². The van der Waals surface area contributed by atoms with Gasteiger partial charge >= 0.3 is 0 Å². The summed E-state index contributed by atoms with van der Waals surface area (Å²) in [7, 11) is 2.27. The summed E-state index contributed by atoms with van der Waals surface area (Å²) in [6.07, 6.45) is 14.2. The third-order valence-corrected chi connectivity index (χ3v) is 5.52. The Morgan fingerprint density at radius 2 is 2.05 bits per heavy atom. The Hall–Kier alpha value is -0.830. The molecule has 3 aliphatic rings. The topological polar surface area (TPSA) is 15.3 Å². The largest absolute Gasteiger partial charge is 0.382 e. The number of nitrogens with one attached hydrogen (secondary N) is 1. The van der Waals surface area contributed by atoms with Crippen LogP contribution in [0, 0.1) is 11.8 Å². The lowest BCUT2D eigenvalue weighted by molar-refractivity contribution is 0.217. The highest BCUT2D eigenvalue weighted by atomic mass is 19.1. The van der Waals surface area contributed by atoms with Gasteiger partial charge in [-0.15, -0.1) is 0 Å². The van der Waals surface area contributed by atoms with Gasteiger partial charge in [0.15, 0.2) is 0 Å². The third kappa shape index (κ3) is 3.88. The summed E-state index contributed by atoms with van der Waals surface area (Å²) in [5.74, 6) is 1.59. The molecule has 1 fully saturated rings. The number of hydrogen-bond donors (Lipinski definition) is 1. The monoisotopic (exact) mass is 292 g/mol. The molecule has 2 unspecified atom stereocenters. The molecule has 0 spiro atoms. The van der Waals surface area contributed by atoms with Crippen LogP contribution in [-0.4, -0.2) is 31.1 Å². The van der Waals surface area contributed by atoms with Gasteiger partial charge in [-0.2, -0.15) is 0 Å². The van der Waals surface area contributed by atoms with Gasteiger partial charge in [0.05, 0.1) is 6.04 Å². The fraction of sp³-hybridized carbons (Fsp3) is 0.778. The molecular formula is C18H29FN2. The Labute approximate surface area is 128 Å². The van der Waals surface area contributed by atoms with Crippen molar-refractivity contribution in [1.82, 2.24) is 10.2 Å². The van der Waals surface area contributed by atoms with E-state index >= 15 is 0 Å². The van der Waals surface area contributed by atoms with Gasteiger partial charge in [0.2, 0.25) is 0 Å². The molecule has 1 heterocycles. The molecule has 2 atom stereocenters. The third-order valence-electron chi connectivity index (χ3n) is 5.52. The molecule has 0 bridgehead atoms. The van der Waals surface area contributed by atoms with E-state index in [1.54, 1.807) is 0 Å². The van der Waals surface area contributed by atoms with Crippen LogP contribution in [0.2, 0.25) is 0 Å². The minimum absolute atomic E-state index is 0.0483. The van der Waals surface area contributed by atoms with E-state index in [4.69, 9.17) is 0 Å². The number of halogens is 1. The van der Waals surface area contributed by atoms with E-state index in [9.17, 15) is 4.39 Å². The van der Waals surface area contributed by atoms with Crippen LogP contribution >= 0.6 is 0 Å². The smallest absolute Gasteiger partial charge is 0.143 e. The van der Waals surface area contributed by atoms with Crippen molar-refractivity contribution in [3.63, 3.8) is 0 Å². The number of rotatable bonds is 5. The molecule has 118 valence electrons. The van der Waals surface area contributed by atoms with Crippen LogP contribution < -0.4 is 5.32 Å². The maximum Gasteiger partial charge on any atom is 0.143 e. The number of nitrogens with zero attached hydrogens (tertiary/aromatic N) is 1. The van der Waals surface area contributed by atoms with Gasteiger partial charge in [0.25, 0.3) is 0 Å². The molecule has 0 saturated heterocycles. The van der Waals surface area contributed by atoms with Crippen LogP contribution in [-0.2, 0) is 0 Å². The number of hydrogen-bond acceptors (Lipinski definition) is 2. The summed E-state index contributed by atoms with van der Waals surface area (Å²) < 4.78 is 13.5. The van der Waals surface area contributed by atoms with E-state index in [-0.39, 0.29) is 11.9 Å². The van der Waals surface area contributed by atoms with Crippen LogP contribution in [0.3, 0.4) is 0 Å². The zero-order chi connectivity index (χ0) is 14.7. The first kappa shape index (κ1) is 15.1. The molecule has 1 N–H and O–H groups in total. The molecule has 3 rings (SSSR count). The second kappa shape index (κ2) is 6.95. The fourth-order valence-electron chi connectivity index (χ4n) is 4.21. The Bertz CT molecular complexity index is 409. The maximum absolute atomic E-state index is 13.5. The minimum atomic E-state index is -0.0483. The van der Waals surface area contributed by atoms with Crippen molar-refractivity contribution in [3.8, 4) is 0 Å². The van der Waals surface area contributed by atoms with Crippen molar-refractivity contribution >= 4 is 0 Å². The van der Waals surface area contributed by atoms with E-state index in [1.807, 2.05) is 0 Å². The van der Waals surface area contributed by atoms with Crippen LogP contribution in [0.4, 0.5) is 4.39 Å². The summed E-state index contributed by atoms with van der Waals surface area (Å²) in [6, 6.07) is 0.243. The highest BCUT2D eigenvalue weighted by Crippen LogP contribution is 2.34. The lowest BCUT2D eigenvalue weighted by Gasteiger charge is -2.30. The van der Waals surface area contributed by atoms with Gasteiger partial charge in [-0.1, -0.05) is 25.3 Å². The Kier molecular flexibility index (Phi) is 4.99. The lowest BCUT2D eigenvalue weighted by atomic mass is 9.84. The molecule has 0 amide bonds. The predicted molar refractivity (Wildman–Crippen MR) is 85.6 cm³/mol. The van der Waals surface area contributed by atoms with E-state index in [0.717, 1.165) is 24.3 Å². The molecule has 0 radical (unpaired) electrons. The first-order valence-electron chi connectivity index (χ1n) is 8.73. The standard InChI is InChI=1S/C18H29FN2/c1-21(13-15-5-3-2-4-6-15)10-9-14-7-8-16-17(19)12-20-18(16)11-14/h8,12,14-15,18,20H,2-7,9-11,13H2,1H3. The second-order valence-corrected chi connectivity index (χ2v) is 7.26. The summed E-state index contributed by atoms with van der Waals surface area (Å²) in [4.78, 5) is 2.52. The van der Waals surface area contributed by atoms with Gasteiger partial charge in [0, 0.05) is 18.3 Å². The highest BCUT2D eigenvalue weighted by Gasteiger charge is 2.29. The Balaban J connectivity index is 1.39. The van der Waals surface area contributed by atoms with Crippen molar-refractivity contribution in [2.45, 2.75) is 57.4 Å². The number of fused-ring (bicyclic) bond motifs is 1. The van der Waals surface area contributed by atoms with Crippen molar-refractivity contribution in [2.75, 3.05) is 20.1 Å². The normalized spacial score (nSPS) is 29.9. The summed E-state index contributed by atoms with van der Waals surface area (Å²) >= 11 is 0. The zero-order valence-electron chi connectivity index (χ0n) is 13.3. The molecular weight excluding hydrogens is 263 g/mol. The summed E-state index contributed by atoms with van der Waals surface area (Å²) in [5.41, 5.74) is 0.904. The molecule has 1 saturated carbocycles. The van der Waals surface area contributed by atoms with Gasteiger partial charge < -0.3 is 10.2 Å². The molecule has 0 aromatic rings. The van der Waals surface area contributed by atoms with E-state index in [0.29, 0.717) is 5.92 Å². The Morgan fingerprint density at radius 3 is 2.86 bits per heavy atom. The Morgan fingerprint density at radius 1 is 1.24 bits per heavy atom. The first-order valence-corrected chi connectivity index (χ1v) is 8.73. The summed E-state index contributed by atoms with van der Waals surface area (Å²) in [5, 5.41) is 3.17. The van der Waals surface area contributed by atoms with E-state index in [1.165, 1.54) is 57.8 Å². The van der Waals surface area contributed by atoms with E-state index < -0.39 is 0 Å². The average molecular weight is 292 g/mol. The average Bonchev–Trinajstić information content (AvgIpc) is 2.87. The molecule has 1 aliphatic heterocycles. The van der Waals surface area contributed by atoms with Crippen molar-refractivity contribution in [2.24, 2.45) is 11.8 Å². The quantitative estimate of drug-likeness (QED) is 0.823. The van der Waals surface area contributed by atoms with Crippen molar-refractivity contribution in [3.05, 3.63) is 23.7 Å². The SMILES string of the molecule is CN(CCC1CC=C2C(F)=CNC2C1)CC1CCCCC1. The maximum atomic E-state index is 13.5. The first-order chi connectivity index (χ1) is 10.2. The van der Waals surface area contributed by atoms with Gasteiger partial charge in [-0.3, -0.25) is 0 Å². The zero-order valence-corrected chi connectivity index (χ0v) is 13.3. The molecule has 0 aromatic carbocycles. The van der Waals surface area contributed by atoms with Crippen LogP contribution in [0.5, 0.6) is 0 Å². The molecule has 2 nitrogen and oxygen atoms in total. The van der Waals surface area contributed by atoms with Gasteiger partial charge in [-0.25, -0.2) is 4.39 Å². The molecule has 3 heteroatoms. The fourth-order valence-corrected chi connectivity index (χ4v) is 4.21. The number of allylic oxidation sites excluding steroid dienone is 1. The van der Waals surface area contributed by atoms with E-state index in [2.05, 4.69) is 23.3 Å².